The summed E-state index contributed by atoms with van der Waals surface area (Å²) in [4.78, 5) is 17.6. The van der Waals surface area contributed by atoms with Crippen LogP contribution < -0.4 is 10.2 Å². The lowest BCUT2D eigenvalue weighted by molar-refractivity contribution is 0.0948. The number of benzene rings is 2. The van der Waals surface area contributed by atoms with E-state index in [2.05, 4.69) is 32.2 Å². The molecule has 0 atom stereocenters. The van der Waals surface area contributed by atoms with Crippen molar-refractivity contribution in [2.45, 2.75) is 13.5 Å². The molecule has 27 heavy (non-hydrogen) atoms. The van der Waals surface area contributed by atoms with Gasteiger partial charge in [0.2, 0.25) is 4.80 Å². The summed E-state index contributed by atoms with van der Waals surface area (Å²) in [5.41, 5.74) is 6.05. The molecule has 2 aromatic heterocycles. The van der Waals surface area contributed by atoms with Crippen LogP contribution in [0.5, 0.6) is 0 Å². The standard InChI is InChI=1S/C21H18N4OS/c1-15-14-27-21(25(15)13-16-7-3-2-4-8-16)24-23-20(26)19-12-11-17-9-5-6-10-18(17)22-19/h2-12,14H,13H2,1H3,(H,23,26)/b24-21-. The van der Waals surface area contributed by atoms with Crippen LogP contribution in [0.15, 0.2) is 77.2 Å². The van der Waals surface area contributed by atoms with Crippen LogP contribution in [0.4, 0.5) is 0 Å². The minimum absolute atomic E-state index is 0.321. The van der Waals surface area contributed by atoms with Crippen LogP contribution in [-0.2, 0) is 6.54 Å². The van der Waals surface area contributed by atoms with Gasteiger partial charge in [-0.3, -0.25) is 4.79 Å². The van der Waals surface area contributed by atoms with Crippen molar-refractivity contribution in [1.29, 1.82) is 0 Å². The Balaban J connectivity index is 1.58. The lowest BCUT2D eigenvalue weighted by Gasteiger charge is -2.06. The van der Waals surface area contributed by atoms with Crippen LogP contribution in [0.1, 0.15) is 21.7 Å². The SMILES string of the molecule is Cc1cs/c(=N\NC(=O)c2ccc3ccccc3n2)n1Cc1ccccc1. The minimum atomic E-state index is -0.321. The Morgan fingerprint density at radius 2 is 1.85 bits per heavy atom. The van der Waals surface area contributed by atoms with Crippen molar-refractivity contribution >= 4 is 28.1 Å². The zero-order chi connectivity index (χ0) is 18.6. The van der Waals surface area contributed by atoms with Crippen LogP contribution >= 0.6 is 11.3 Å². The molecule has 6 heteroatoms. The van der Waals surface area contributed by atoms with Crippen LogP contribution in [0, 0.1) is 6.92 Å². The number of rotatable bonds is 4. The van der Waals surface area contributed by atoms with Crippen molar-refractivity contribution < 1.29 is 4.79 Å². The quantitative estimate of drug-likeness (QED) is 0.554. The molecule has 2 aromatic carbocycles. The Morgan fingerprint density at radius 1 is 1.07 bits per heavy atom. The van der Waals surface area contributed by atoms with Gasteiger partial charge in [-0.15, -0.1) is 16.4 Å². The average molecular weight is 374 g/mol. The van der Waals surface area contributed by atoms with Gasteiger partial charge in [-0.1, -0.05) is 54.6 Å². The van der Waals surface area contributed by atoms with E-state index in [1.54, 1.807) is 6.07 Å². The summed E-state index contributed by atoms with van der Waals surface area (Å²) in [6.07, 6.45) is 0. The zero-order valence-corrected chi connectivity index (χ0v) is 15.6. The summed E-state index contributed by atoms with van der Waals surface area (Å²) in [6, 6.07) is 21.5. The number of para-hydroxylation sites is 1. The molecular formula is C21H18N4OS. The van der Waals surface area contributed by atoms with Gasteiger partial charge in [0.05, 0.1) is 12.1 Å². The van der Waals surface area contributed by atoms with Gasteiger partial charge >= 0.3 is 0 Å². The topological polar surface area (TPSA) is 59.3 Å². The third-order valence-corrected chi connectivity index (χ3v) is 5.24. The molecule has 134 valence electrons. The number of pyridine rings is 1. The largest absolute Gasteiger partial charge is 0.315 e. The van der Waals surface area contributed by atoms with E-state index >= 15 is 0 Å². The monoisotopic (exact) mass is 374 g/mol. The molecule has 0 spiro atoms. The molecule has 0 radical (unpaired) electrons. The zero-order valence-electron chi connectivity index (χ0n) is 14.8. The molecule has 1 amide bonds. The fraction of sp³-hybridized carbons (Fsp3) is 0.0952. The molecular weight excluding hydrogens is 356 g/mol. The van der Waals surface area contributed by atoms with Gasteiger partial charge in [0.15, 0.2) is 0 Å². The molecule has 0 bridgehead atoms. The number of carbonyl (C=O) groups is 1. The van der Waals surface area contributed by atoms with Gasteiger partial charge in [-0.2, -0.15) is 0 Å². The van der Waals surface area contributed by atoms with Gasteiger partial charge in [0, 0.05) is 16.5 Å². The van der Waals surface area contributed by atoms with E-state index < -0.39 is 0 Å². The van der Waals surface area contributed by atoms with Gasteiger partial charge in [0.25, 0.3) is 5.91 Å². The summed E-state index contributed by atoms with van der Waals surface area (Å²) in [5, 5.41) is 7.35. The third kappa shape index (κ3) is 3.80. The lowest BCUT2D eigenvalue weighted by Crippen LogP contribution is -2.25. The fourth-order valence-electron chi connectivity index (χ4n) is 2.81. The number of thiazole rings is 1. The van der Waals surface area contributed by atoms with Crippen LogP contribution in [0.25, 0.3) is 10.9 Å². The molecule has 0 fully saturated rings. The molecule has 0 aliphatic heterocycles. The number of fused-ring (bicyclic) bond motifs is 1. The van der Waals surface area contributed by atoms with E-state index in [1.807, 2.05) is 60.8 Å². The highest BCUT2D eigenvalue weighted by atomic mass is 32.1. The van der Waals surface area contributed by atoms with Crippen molar-refractivity contribution in [3.05, 3.63) is 93.9 Å². The molecule has 0 saturated carbocycles. The number of hydrogen-bond acceptors (Lipinski definition) is 4. The summed E-state index contributed by atoms with van der Waals surface area (Å²) in [5.74, 6) is -0.321. The highest BCUT2D eigenvalue weighted by Gasteiger charge is 2.08. The number of nitrogens with zero attached hydrogens (tertiary/aromatic N) is 3. The second-order valence-electron chi connectivity index (χ2n) is 6.17. The first-order chi connectivity index (χ1) is 13.2. The second kappa shape index (κ2) is 7.55. The first kappa shape index (κ1) is 17.2. The number of aryl methyl sites for hydroxylation is 1. The molecule has 2 heterocycles. The third-order valence-electron chi connectivity index (χ3n) is 4.26. The summed E-state index contributed by atoms with van der Waals surface area (Å²) in [6.45, 7) is 2.74. The number of aromatic nitrogens is 2. The lowest BCUT2D eigenvalue weighted by atomic mass is 10.2. The van der Waals surface area contributed by atoms with Crippen LogP contribution in [-0.4, -0.2) is 15.5 Å². The van der Waals surface area contributed by atoms with Gasteiger partial charge < -0.3 is 4.57 Å². The van der Waals surface area contributed by atoms with Crippen molar-refractivity contribution in [2.24, 2.45) is 5.10 Å². The molecule has 0 saturated heterocycles. The average Bonchev–Trinajstić information content (AvgIpc) is 3.06. The molecule has 0 aliphatic carbocycles. The van der Waals surface area contributed by atoms with Gasteiger partial charge in [-0.05, 0) is 24.6 Å². The summed E-state index contributed by atoms with van der Waals surface area (Å²) in [7, 11) is 0. The number of carbonyl (C=O) groups excluding carboxylic acids is 1. The fourth-order valence-corrected chi connectivity index (χ4v) is 3.65. The van der Waals surface area contributed by atoms with Crippen molar-refractivity contribution in [3.8, 4) is 0 Å². The molecule has 0 unspecified atom stereocenters. The Bertz CT molecular complexity index is 1160. The van der Waals surface area contributed by atoms with Gasteiger partial charge in [-0.25, -0.2) is 10.4 Å². The molecule has 5 nitrogen and oxygen atoms in total. The van der Waals surface area contributed by atoms with E-state index in [4.69, 9.17) is 0 Å². The number of hydrogen-bond donors (Lipinski definition) is 1. The first-order valence-corrected chi connectivity index (χ1v) is 9.47. The normalized spacial score (nSPS) is 11.7. The maximum Gasteiger partial charge on any atom is 0.290 e. The maximum absolute atomic E-state index is 12.5. The number of nitrogens with one attached hydrogen (secondary N) is 1. The van der Waals surface area contributed by atoms with Crippen LogP contribution in [0.2, 0.25) is 0 Å². The summed E-state index contributed by atoms with van der Waals surface area (Å²) < 4.78 is 2.08. The maximum atomic E-state index is 12.5. The molecule has 4 aromatic rings. The van der Waals surface area contributed by atoms with Gasteiger partial charge in [0.1, 0.15) is 5.69 Å². The summed E-state index contributed by atoms with van der Waals surface area (Å²) >= 11 is 1.50. The van der Waals surface area contributed by atoms with Crippen molar-refractivity contribution in [3.63, 3.8) is 0 Å². The Kier molecular flexibility index (Phi) is 4.80. The highest BCUT2D eigenvalue weighted by Crippen LogP contribution is 2.11. The Morgan fingerprint density at radius 3 is 2.70 bits per heavy atom. The van der Waals surface area contributed by atoms with E-state index in [0.29, 0.717) is 12.2 Å². The predicted octanol–water partition coefficient (Wildman–Crippen LogP) is 3.70. The number of amides is 1. The molecule has 1 N–H and O–H groups in total. The molecule has 4 rings (SSSR count). The van der Waals surface area contributed by atoms with Crippen LogP contribution in [0.3, 0.4) is 0 Å². The highest BCUT2D eigenvalue weighted by molar-refractivity contribution is 7.07. The van der Waals surface area contributed by atoms with E-state index in [-0.39, 0.29) is 5.91 Å². The second-order valence-corrected chi connectivity index (χ2v) is 7.01. The van der Waals surface area contributed by atoms with E-state index in [0.717, 1.165) is 21.4 Å². The van der Waals surface area contributed by atoms with E-state index in [9.17, 15) is 4.79 Å². The van der Waals surface area contributed by atoms with Crippen molar-refractivity contribution in [2.75, 3.05) is 0 Å². The smallest absolute Gasteiger partial charge is 0.290 e. The Hall–Kier alpha value is -3.25. The van der Waals surface area contributed by atoms with Crippen molar-refractivity contribution in [1.82, 2.24) is 15.0 Å². The van der Waals surface area contributed by atoms with E-state index in [1.165, 1.54) is 16.9 Å². The predicted molar refractivity (Wildman–Crippen MR) is 107 cm³/mol. The Labute approximate surface area is 160 Å². The minimum Gasteiger partial charge on any atom is -0.315 e. The first-order valence-electron chi connectivity index (χ1n) is 8.59. The molecule has 0 aliphatic rings.